The van der Waals surface area contributed by atoms with Crippen LogP contribution in [0.4, 0.5) is 0 Å². The summed E-state index contributed by atoms with van der Waals surface area (Å²) in [6.07, 6.45) is 0.0729. The summed E-state index contributed by atoms with van der Waals surface area (Å²) in [5.74, 6) is -2.19. The van der Waals surface area contributed by atoms with Gasteiger partial charge in [0.1, 0.15) is 5.92 Å². The number of carbonyl (C=O) groups is 3. The van der Waals surface area contributed by atoms with Gasteiger partial charge < -0.3 is 0 Å². The molecule has 0 amide bonds. The van der Waals surface area contributed by atoms with Gasteiger partial charge >= 0.3 is 0 Å². The monoisotopic (exact) mass is 368 g/mol. The largest absolute Gasteiger partial charge is 0.298 e. The first-order valence-corrected chi connectivity index (χ1v) is 9.41. The molecule has 0 bridgehead atoms. The zero-order valence-electron chi connectivity index (χ0n) is 15.6. The van der Waals surface area contributed by atoms with Crippen molar-refractivity contribution in [3.05, 3.63) is 107 Å². The number of carbonyl (C=O) groups excluding carboxylic acids is 3. The zero-order valence-corrected chi connectivity index (χ0v) is 15.6. The third-order valence-corrected chi connectivity index (χ3v) is 5.49. The van der Waals surface area contributed by atoms with Crippen LogP contribution in [-0.2, 0) is 11.2 Å². The maximum absolute atomic E-state index is 13.0. The van der Waals surface area contributed by atoms with Gasteiger partial charge in [-0.05, 0) is 16.7 Å². The van der Waals surface area contributed by atoms with Crippen molar-refractivity contribution < 1.29 is 14.4 Å². The predicted molar refractivity (Wildman–Crippen MR) is 108 cm³/mol. The molecule has 0 aliphatic heterocycles. The Morgan fingerprint density at radius 2 is 1.32 bits per heavy atom. The lowest BCUT2D eigenvalue weighted by Gasteiger charge is -2.17. The fourth-order valence-electron chi connectivity index (χ4n) is 3.96. The van der Waals surface area contributed by atoms with Crippen molar-refractivity contribution in [2.45, 2.75) is 19.3 Å². The van der Waals surface area contributed by atoms with Crippen molar-refractivity contribution in [1.29, 1.82) is 0 Å². The number of benzene rings is 3. The lowest BCUT2D eigenvalue weighted by molar-refractivity contribution is -0.119. The van der Waals surface area contributed by atoms with Gasteiger partial charge in [0.15, 0.2) is 17.3 Å². The van der Waals surface area contributed by atoms with E-state index < -0.39 is 5.92 Å². The molecule has 0 saturated carbocycles. The van der Waals surface area contributed by atoms with Crippen molar-refractivity contribution in [3.8, 4) is 0 Å². The molecule has 4 rings (SSSR count). The Balaban J connectivity index is 1.62. The molecule has 28 heavy (non-hydrogen) atoms. The number of Topliss-reactive ketones (excluding diaryl/α,β-unsaturated/α-hetero) is 3. The predicted octanol–water partition coefficient (Wildman–Crippen LogP) is 4.65. The molecule has 0 radical (unpaired) electrons. The van der Waals surface area contributed by atoms with E-state index in [0.29, 0.717) is 11.1 Å². The molecule has 1 unspecified atom stereocenters. The smallest absolute Gasteiger partial charge is 0.181 e. The van der Waals surface area contributed by atoms with Crippen LogP contribution in [0, 0.1) is 5.92 Å². The summed E-state index contributed by atoms with van der Waals surface area (Å²) in [6.45, 7) is 2.10. The fourth-order valence-corrected chi connectivity index (χ4v) is 3.96. The van der Waals surface area contributed by atoms with E-state index >= 15 is 0 Å². The van der Waals surface area contributed by atoms with Crippen molar-refractivity contribution in [2.24, 2.45) is 5.92 Å². The summed E-state index contributed by atoms with van der Waals surface area (Å²) in [4.78, 5) is 38.2. The highest BCUT2D eigenvalue weighted by molar-refractivity contribution is 6.35. The van der Waals surface area contributed by atoms with Crippen molar-refractivity contribution in [2.75, 3.05) is 0 Å². The highest BCUT2D eigenvalue weighted by atomic mass is 16.2. The molecule has 1 atom stereocenters. The lowest BCUT2D eigenvalue weighted by atomic mass is 9.86. The van der Waals surface area contributed by atoms with Gasteiger partial charge in [-0.1, -0.05) is 85.8 Å². The molecule has 138 valence electrons. The third-order valence-electron chi connectivity index (χ3n) is 5.49. The number of rotatable bonds is 5. The van der Waals surface area contributed by atoms with E-state index in [1.165, 1.54) is 0 Å². The minimum Gasteiger partial charge on any atom is -0.298 e. The second-order valence-corrected chi connectivity index (χ2v) is 7.18. The Morgan fingerprint density at radius 3 is 1.96 bits per heavy atom. The van der Waals surface area contributed by atoms with Crippen LogP contribution in [0.5, 0.6) is 0 Å². The number of hydrogen-bond donors (Lipinski definition) is 0. The molecule has 0 N–H and O–H groups in total. The first-order chi connectivity index (χ1) is 13.6. The number of fused-ring (bicyclic) bond motifs is 1. The Morgan fingerprint density at radius 1 is 0.786 bits per heavy atom. The fraction of sp³-hybridized carbons (Fsp3) is 0.160. The SMILES string of the molecule is CC(c1ccccc1)c1ccccc1CC(=O)C1C(=O)c2ccccc2C1=O. The molecular weight excluding hydrogens is 348 g/mol. The molecule has 0 heterocycles. The van der Waals surface area contributed by atoms with Gasteiger partial charge in [0, 0.05) is 23.5 Å². The molecule has 1 aliphatic carbocycles. The highest BCUT2D eigenvalue weighted by Gasteiger charge is 2.42. The van der Waals surface area contributed by atoms with E-state index in [0.717, 1.165) is 16.7 Å². The first kappa shape index (κ1) is 18.1. The second kappa shape index (κ2) is 7.35. The standard InChI is InChI=1S/C25H20O3/c1-16(17-9-3-2-4-10-17)19-12-6-5-11-18(19)15-22(26)23-24(27)20-13-7-8-14-21(20)25(23)28/h2-14,16,23H,15H2,1H3. The summed E-state index contributed by atoms with van der Waals surface area (Å²) in [7, 11) is 0. The minimum atomic E-state index is -1.21. The van der Waals surface area contributed by atoms with Crippen molar-refractivity contribution >= 4 is 17.3 Å². The van der Waals surface area contributed by atoms with Crippen LogP contribution < -0.4 is 0 Å². The van der Waals surface area contributed by atoms with Crippen LogP contribution in [-0.4, -0.2) is 17.3 Å². The molecule has 3 nitrogen and oxygen atoms in total. The topological polar surface area (TPSA) is 51.2 Å². The van der Waals surface area contributed by atoms with Gasteiger partial charge in [-0.25, -0.2) is 0 Å². The summed E-state index contributed by atoms with van der Waals surface area (Å²) >= 11 is 0. The zero-order chi connectivity index (χ0) is 19.7. The Kier molecular flexibility index (Phi) is 4.74. The number of ketones is 3. The normalized spacial score (nSPS) is 14.8. The van der Waals surface area contributed by atoms with Gasteiger partial charge in [-0.15, -0.1) is 0 Å². The Hall–Kier alpha value is -3.33. The molecular formula is C25H20O3. The maximum Gasteiger partial charge on any atom is 0.181 e. The van der Waals surface area contributed by atoms with Crippen LogP contribution in [0.25, 0.3) is 0 Å². The molecule has 0 fully saturated rings. The van der Waals surface area contributed by atoms with Gasteiger partial charge in [-0.3, -0.25) is 14.4 Å². The van der Waals surface area contributed by atoms with Gasteiger partial charge in [0.25, 0.3) is 0 Å². The van der Waals surface area contributed by atoms with E-state index in [-0.39, 0.29) is 29.7 Å². The van der Waals surface area contributed by atoms with Crippen molar-refractivity contribution in [3.63, 3.8) is 0 Å². The molecule has 3 aromatic rings. The molecule has 0 saturated heterocycles. The summed E-state index contributed by atoms with van der Waals surface area (Å²) in [5.41, 5.74) is 3.77. The molecule has 1 aliphatic rings. The first-order valence-electron chi connectivity index (χ1n) is 9.41. The van der Waals surface area contributed by atoms with Crippen molar-refractivity contribution in [1.82, 2.24) is 0 Å². The van der Waals surface area contributed by atoms with E-state index in [1.54, 1.807) is 24.3 Å². The van der Waals surface area contributed by atoms with Gasteiger partial charge in [0.2, 0.25) is 0 Å². The Labute approximate surface area is 164 Å². The van der Waals surface area contributed by atoms with Crippen LogP contribution in [0.2, 0.25) is 0 Å². The van der Waals surface area contributed by atoms with Crippen LogP contribution >= 0.6 is 0 Å². The lowest BCUT2D eigenvalue weighted by Crippen LogP contribution is -2.27. The molecule has 0 spiro atoms. The van der Waals surface area contributed by atoms with E-state index in [2.05, 4.69) is 19.1 Å². The second-order valence-electron chi connectivity index (χ2n) is 7.18. The van der Waals surface area contributed by atoms with E-state index in [9.17, 15) is 14.4 Å². The highest BCUT2D eigenvalue weighted by Crippen LogP contribution is 2.31. The Bertz CT molecular complexity index is 1030. The van der Waals surface area contributed by atoms with Gasteiger partial charge in [-0.2, -0.15) is 0 Å². The summed E-state index contributed by atoms with van der Waals surface area (Å²) < 4.78 is 0. The summed E-state index contributed by atoms with van der Waals surface area (Å²) in [6, 6.07) is 24.5. The van der Waals surface area contributed by atoms with E-state index in [4.69, 9.17) is 0 Å². The average Bonchev–Trinajstić information content (AvgIpc) is 2.99. The maximum atomic E-state index is 13.0. The van der Waals surface area contributed by atoms with E-state index in [1.807, 2.05) is 42.5 Å². The van der Waals surface area contributed by atoms with Crippen LogP contribution in [0.3, 0.4) is 0 Å². The summed E-state index contributed by atoms with van der Waals surface area (Å²) in [5, 5.41) is 0. The molecule has 0 aromatic heterocycles. The average molecular weight is 368 g/mol. The van der Waals surface area contributed by atoms with Crippen LogP contribution in [0.15, 0.2) is 78.9 Å². The molecule has 3 aromatic carbocycles. The quantitative estimate of drug-likeness (QED) is 0.616. The number of hydrogen-bond acceptors (Lipinski definition) is 3. The molecule has 3 heteroatoms. The van der Waals surface area contributed by atoms with Gasteiger partial charge in [0.05, 0.1) is 0 Å². The third kappa shape index (κ3) is 3.09. The minimum absolute atomic E-state index is 0.0729. The van der Waals surface area contributed by atoms with Crippen LogP contribution in [0.1, 0.15) is 50.2 Å².